The molecule has 2 unspecified atom stereocenters. The lowest BCUT2D eigenvalue weighted by molar-refractivity contribution is -0.123. The molecule has 0 spiro atoms. The van der Waals surface area contributed by atoms with Crippen LogP contribution < -0.4 is 5.32 Å². The van der Waals surface area contributed by atoms with Crippen molar-refractivity contribution in [3.63, 3.8) is 0 Å². The van der Waals surface area contributed by atoms with Crippen molar-refractivity contribution in [1.82, 2.24) is 5.32 Å². The molecule has 0 aromatic rings. The summed E-state index contributed by atoms with van der Waals surface area (Å²) in [5.41, 5.74) is 0. The van der Waals surface area contributed by atoms with E-state index < -0.39 is 12.1 Å². The maximum atomic E-state index is 12.4. The van der Waals surface area contributed by atoms with Gasteiger partial charge in [0.1, 0.15) is 0 Å². The monoisotopic (exact) mass is 764 g/mol. The maximum absolute atomic E-state index is 12.4. The van der Waals surface area contributed by atoms with Gasteiger partial charge in [0.25, 0.3) is 0 Å². The first-order valence-corrected chi connectivity index (χ1v) is 23.3. The van der Waals surface area contributed by atoms with E-state index in [0.717, 1.165) is 70.6 Å². The van der Waals surface area contributed by atoms with Crippen molar-refractivity contribution in [3.8, 4) is 0 Å². The molecule has 0 rings (SSSR count). The fourth-order valence-electron chi connectivity index (χ4n) is 6.55. The van der Waals surface area contributed by atoms with Gasteiger partial charge in [-0.1, -0.05) is 208 Å². The molecule has 3 N–H and O–H groups in total. The Labute approximate surface area is 341 Å². The number of aliphatic hydroxyl groups is 2. The van der Waals surface area contributed by atoms with E-state index in [-0.39, 0.29) is 12.5 Å². The summed E-state index contributed by atoms with van der Waals surface area (Å²) in [5.74, 6) is -0.0894. The number of rotatable bonds is 41. The van der Waals surface area contributed by atoms with Gasteiger partial charge >= 0.3 is 0 Å². The zero-order chi connectivity index (χ0) is 40.0. The van der Waals surface area contributed by atoms with Crippen LogP contribution in [0.1, 0.15) is 213 Å². The Hall–Kier alpha value is -2.43. The minimum absolute atomic E-state index is 0.0894. The van der Waals surface area contributed by atoms with E-state index in [1.807, 2.05) is 6.08 Å². The van der Waals surface area contributed by atoms with Gasteiger partial charge in [0, 0.05) is 6.42 Å². The van der Waals surface area contributed by atoms with Crippen LogP contribution in [0.2, 0.25) is 0 Å². The van der Waals surface area contributed by atoms with Crippen LogP contribution in [0.15, 0.2) is 85.1 Å². The highest BCUT2D eigenvalue weighted by Gasteiger charge is 2.17. The van der Waals surface area contributed by atoms with Crippen molar-refractivity contribution in [2.24, 2.45) is 0 Å². The maximum Gasteiger partial charge on any atom is 0.220 e. The summed E-state index contributed by atoms with van der Waals surface area (Å²) in [4.78, 5) is 12.4. The normalized spacial score (nSPS) is 13.7. The van der Waals surface area contributed by atoms with E-state index in [2.05, 4.69) is 92.1 Å². The Morgan fingerprint density at radius 3 is 1.27 bits per heavy atom. The molecule has 0 heterocycles. The largest absolute Gasteiger partial charge is 0.394 e. The van der Waals surface area contributed by atoms with Crippen molar-refractivity contribution >= 4 is 5.91 Å². The minimum Gasteiger partial charge on any atom is -0.394 e. The Bertz CT molecular complexity index is 1000. The fraction of sp³-hybridized carbons (Fsp3) is 0.706. The second-order valence-corrected chi connectivity index (χ2v) is 15.4. The van der Waals surface area contributed by atoms with Crippen molar-refractivity contribution in [2.45, 2.75) is 225 Å². The summed E-state index contributed by atoms with van der Waals surface area (Å²) in [5, 5.41) is 23.0. The number of carbonyl (C=O) groups excluding carboxylic acids is 1. The molecule has 0 aliphatic rings. The summed E-state index contributed by atoms with van der Waals surface area (Å²) < 4.78 is 0. The zero-order valence-corrected chi connectivity index (χ0v) is 36.2. The standard InChI is InChI=1S/C51H89NO3/c1-3-5-7-9-11-13-15-17-19-21-23-25-27-28-30-32-34-36-38-40-42-44-46-50(54)49(48-53)52-51(55)47-45-43-41-39-37-35-33-31-29-26-24-22-20-18-16-14-12-10-8-6-4-2/h6,8,12,14,18,20,24,26,28,30,36,38,44,46,49-50,53-54H,3-5,7,9-11,13,15-17,19,21-23,25,27,29,31-35,37,39-43,45,47-48H2,1-2H3,(H,52,55)/b8-6-,14-12-,20-18-,26-24-,30-28+,38-36+,46-44+. The zero-order valence-electron chi connectivity index (χ0n) is 36.2. The van der Waals surface area contributed by atoms with Crippen molar-refractivity contribution in [2.75, 3.05) is 6.61 Å². The first-order chi connectivity index (χ1) is 27.2. The van der Waals surface area contributed by atoms with Gasteiger partial charge in [-0.05, 0) is 83.5 Å². The van der Waals surface area contributed by atoms with Gasteiger partial charge in [0.15, 0.2) is 0 Å². The summed E-state index contributed by atoms with van der Waals surface area (Å²) >= 11 is 0. The molecule has 0 aromatic heterocycles. The Morgan fingerprint density at radius 2 is 0.818 bits per heavy atom. The number of hydrogen-bond donors (Lipinski definition) is 3. The molecule has 0 aliphatic carbocycles. The molecular formula is C51H89NO3. The second kappa shape index (κ2) is 46.0. The number of aliphatic hydroxyl groups excluding tert-OH is 2. The van der Waals surface area contributed by atoms with Crippen LogP contribution in [-0.4, -0.2) is 34.9 Å². The Morgan fingerprint density at radius 1 is 0.455 bits per heavy atom. The summed E-state index contributed by atoms with van der Waals surface area (Å²) in [6.45, 7) is 4.18. The number of amides is 1. The number of hydrogen-bond acceptors (Lipinski definition) is 3. The quantitative estimate of drug-likeness (QED) is 0.0429. The molecule has 0 radical (unpaired) electrons. The van der Waals surface area contributed by atoms with Gasteiger partial charge in [-0.25, -0.2) is 0 Å². The van der Waals surface area contributed by atoms with Gasteiger partial charge in [0.2, 0.25) is 5.91 Å². The third kappa shape index (κ3) is 42.6. The lowest BCUT2D eigenvalue weighted by Gasteiger charge is -2.19. The Kier molecular flexibility index (Phi) is 43.9. The molecular weight excluding hydrogens is 675 g/mol. The van der Waals surface area contributed by atoms with E-state index >= 15 is 0 Å². The smallest absolute Gasteiger partial charge is 0.220 e. The first kappa shape index (κ1) is 52.6. The topological polar surface area (TPSA) is 69.6 Å². The molecule has 55 heavy (non-hydrogen) atoms. The van der Waals surface area contributed by atoms with Crippen LogP contribution in [-0.2, 0) is 4.79 Å². The summed E-state index contributed by atoms with van der Waals surface area (Å²) in [6.07, 6.45) is 67.0. The Balaban J connectivity index is 3.67. The number of nitrogens with one attached hydrogen (secondary N) is 1. The third-order valence-electron chi connectivity index (χ3n) is 10.1. The molecule has 1 amide bonds. The highest BCUT2D eigenvalue weighted by Crippen LogP contribution is 2.14. The van der Waals surface area contributed by atoms with Crippen LogP contribution in [0.4, 0.5) is 0 Å². The molecule has 2 atom stereocenters. The highest BCUT2D eigenvalue weighted by molar-refractivity contribution is 5.76. The average molecular weight is 764 g/mol. The van der Waals surface area contributed by atoms with E-state index in [4.69, 9.17) is 0 Å². The van der Waals surface area contributed by atoms with Gasteiger partial charge in [-0.15, -0.1) is 0 Å². The van der Waals surface area contributed by atoms with Crippen molar-refractivity contribution in [3.05, 3.63) is 85.1 Å². The van der Waals surface area contributed by atoms with Crippen LogP contribution in [0.3, 0.4) is 0 Å². The molecule has 0 saturated carbocycles. The minimum atomic E-state index is -0.879. The lowest BCUT2D eigenvalue weighted by Crippen LogP contribution is -2.45. The first-order valence-electron chi connectivity index (χ1n) is 23.3. The third-order valence-corrected chi connectivity index (χ3v) is 10.1. The van der Waals surface area contributed by atoms with Crippen LogP contribution >= 0.6 is 0 Å². The lowest BCUT2D eigenvalue weighted by atomic mass is 10.0. The van der Waals surface area contributed by atoms with E-state index in [1.54, 1.807) is 6.08 Å². The number of allylic oxidation sites excluding steroid dienone is 13. The van der Waals surface area contributed by atoms with E-state index in [1.165, 1.54) is 122 Å². The van der Waals surface area contributed by atoms with E-state index in [9.17, 15) is 15.0 Å². The molecule has 4 heteroatoms. The second-order valence-electron chi connectivity index (χ2n) is 15.4. The van der Waals surface area contributed by atoms with Gasteiger partial charge in [-0.3, -0.25) is 4.79 Å². The number of unbranched alkanes of at least 4 members (excludes halogenated alkanes) is 22. The predicted molar refractivity (Wildman–Crippen MR) is 243 cm³/mol. The number of carbonyl (C=O) groups is 1. The molecule has 0 aliphatic heterocycles. The van der Waals surface area contributed by atoms with Crippen molar-refractivity contribution < 1.29 is 15.0 Å². The van der Waals surface area contributed by atoms with Gasteiger partial charge in [-0.2, -0.15) is 0 Å². The molecule has 0 aromatic carbocycles. The molecule has 4 nitrogen and oxygen atoms in total. The molecule has 0 fully saturated rings. The highest BCUT2D eigenvalue weighted by atomic mass is 16.3. The van der Waals surface area contributed by atoms with Crippen LogP contribution in [0, 0.1) is 0 Å². The van der Waals surface area contributed by atoms with Crippen LogP contribution in [0.25, 0.3) is 0 Å². The summed E-state index contributed by atoms with van der Waals surface area (Å²) in [7, 11) is 0. The van der Waals surface area contributed by atoms with Gasteiger partial charge in [0.05, 0.1) is 18.8 Å². The molecule has 0 saturated heterocycles. The van der Waals surface area contributed by atoms with Crippen LogP contribution in [0.5, 0.6) is 0 Å². The van der Waals surface area contributed by atoms with Crippen molar-refractivity contribution in [1.29, 1.82) is 0 Å². The van der Waals surface area contributed by atoms with Gasteiger partial charge < -0.3 is 15.5 Å². The summed E-state index contributed by atoms with van der Waals surface area (Å²) in [6, 6.07) is -0.655. The average Bonchev–Trinajstić information content (AvgIpc) is 3.19. The van der Waals surface area contributed by atoms with E-state index in [0.29, 0.717) is 6.42 Å². The predicted octanol–water partition coefficient (Wildman–Crippen LogP) is 14.9. The molecule has 0 bridgehead atoms. The molecule has 316 valence electrons. The SMILES string of the molecule is CC/C=C\C/C=C\C/C=C\C/C=C\CCCCCCCCCCC(=O)NC(CO)C(O)/C=C/CC/C=C/CC/C=C/CCCCCCCCCCCCCC. The fourth-order valence-corrected chi connectivity index (χ4v) is 6.55.